The van der Waals surface area contributed by atoms with Crippen molar-refractivity contribution in [3.63, 3.8) is 0 Å². The molecule has 7 nitrogen and oxygen atoms in total. The van der Waals surface area contributed by atoms with Crippen LogP contribution in [0.2, 0.25) is 0 Å². The smallest absolute Gasteiger partial charge is 0.185 e. The first-order chi connectivity index (χ1) is 20.0. The summed E-state index contributed by atoms with van der Waals surface area (Å²) in [4.78, 5) is 15.9. The number of ketones is 1. The lowest BCUT2D eigenvalue weighted by Gasteiger charge is -2.22. The molecular formula is C31H30F3N3O4S. The zero-order valence-corrected chi connectivity index (χ0v) is 24.0. The Morgan fingerprint density at radius 1 is 1.05 bits per heavy atom. The molecule has 0 aliphatic carbocycles. The molecule has 2 aromatic carbocycles. The number of nitrogens with zero attached hydrogens (tertiary/aromatic N) is 3. The van der Waals surface area contributed by atoms with Crippen molar-refractivity contribution in [2.75, 3.05) is 13.2 Å². The molecule has 0 saturated carbocycles. The summed E-state index contributed by atoms with van der Waals surface area (Å²) in [5, 5.41) is 4.76. The average molecular weight is 598 g/mol. The Balaban J connectivity index is 1.58. The van der Waals surface area contributed by atoms with Crippen molar-refractivity contribution in [3.8, 4) is 22.4 Å². The van der Waals surface area contributed by atoms with Gasteiger partial charge in [-0.05, 0) is 54.8 Å². The molecule has 3 heterocycles. The standard InChI is InChI=1S/C31H30F3N3O4S/c1-19(2)28(38)16-23-14-20(8-11-35-23)26-17-37(24-9-12-41-13-10-24)36-31(26)25-5-3-4-21(30(25)34)18-42(39,40)29-15-22(32)6-7-27(29)33/h3-8,11,14-15,17,19,24H,9-10,12-13,16,18H2,1-2H3. The number of hydrogen-bond donors (Lipinski definition) is 0. The number of halogens is 3. The molecule has 1 saturated heterocycles. The Kier molecular flexibility index (Phi) is 8.60. The van der Waals surface area contributed by atoms with E-state index in [2.05, 4.69) is 4.98 Å². The van der Waals surface area contributed by atoms with Gasteiger partial charge in [0.25, 0.3) is 0 Å². The first-order valence-corrected chi connectivity index (χ1v) is 15.3. The van der Waals surface area contributed by atoms with E-state index >= 15 is 4.39 Å². The number of ether oxygens (including phenoxy) is 1. The molecule has 5 rings (SSSR count). The number of pyridine rings is 1. The lowest BCUT2D eigenvalue weighted by atomic mass is 9.98. The van der Waals surface area contributed by atoms with E-state index in [-0.39, 0.29) is 41.0 Å². The first kappa shape index (κ1) is 29.7. The van der Waals surface area contributed by atoms with Gasteiger partial charge in [-0.15, -0.1) is 0 Å². The Morgan fingerprint density at radius 3 is 2.55 bits per heavy atom. The van der Waals surface area contributed by atoms with E-state index in [1.807, 2.05) is 20.0 Å². The third kappa shape index (κ3) is 6.32. The van der Waals surface area contributed by atoms with Crippen LogP contribution in [0.15, 0.2) is 65.8 Å². The van der Waals surface area contributed by atoms with E-state index in [0.717, 1.165) is 12.1 Å². The van der Waals surface area contributed by atoms with Gasteiger partial charge in [0, 0.05) is 60.3 Å². The van der Waals surface area contributed by atoms with Crippen molar-refractivity contribution >= 4 is 15.6 Å². The van der Waals surface area contributed by atoms with E-state index < -0.39 is 37.9 Å². The van der Waals surface area contributed by atoms with Crippen LogP contribution in [0.5, 0.6) is 0 Å². The molecule has 1 fully saturated rings. The van der Waals surface area contributed by atoms with Crippen molar-refractivity contribution in [2.45, 2.75) is 49.8 Å². The van der Waals surface area contributed by atoms with Gasteiger partial charge in [-0.2, -0.15) is 5.10 Å². The molecule has 0 amide bonds. The average Bonchev–Trinajstić information content (AvgIpc) is 3.41. The molecule has 4 aromatic rings. The van der Waals surface area contributed by atoms with Crippen LogP contribution in [-0.4, -0.2) is 42.2 Å². The molecule has 1 aliphatic rings. The second-order valence-corrected chi connectivity index (χ2v) is 12.6. The second kappa shape index (κ2) is 12.2. The first-order valence-electron chi connectivity index (χ1n) is 13.6. The van der Waals surface area contributed by atoms with Crippen LogP contribution in [0.4, 0.5) is 13.2 Å². The highest BCUT2D eigenvalue weighted by Gasteiger charge is 2.26. The number of hydrogen-bond acceptors (Lipinski definition) is 6. The summed E-state index contributed by atoms with van der Waals surface area (Å²) in [5.41, 5.74) is 1.94. The fraction of sp³-hybridized carbons (Fsp3) is 0.323. The Labute approximate surface area is 242 Å². The third-order valence-corrected chi connectivity index (χ3v) is 9.01. The number of sulfone groups is 1. The summed E-state index contributed by atoms with van der Waals surface area (Å²) in [6, 6.07) is 9.95. The predicted octanol–water partition coefficient (Wildman–Crippen LogP) is 6.12. The van der Waals surface area contributed by atoms with Gasteiger partial charge in [-0.25, -0.2) is 21.6 Å². The highest BCUT2D eigenvalue weighted by Crippen LogP contribution is 2.36. The summed E-state index contributed by atoms with van der Waals surface area (Å²) in [5.74, 6) is -3.86. The maximum atomic E-state index is 16.1. The molecule has 0 atom stereocenters. The molecule has 0 bridgehead atoms. The number of Topliss-reactive ketones (excluding diaryl/α,β-unsaturated/α-hetero) is 1. The fourth-order valence-electron chi connectivity index (χ4n) is 4.94. The van der Waals surface area contributed by atoms with Crippen molar-refractivity contribution in [1.29, 1.82) is 0 Å². The predicted molar refractivity (Wildman–Crippen MR) is 151 cm³/mol. The summed E-state index contributed by atoms with van der Waals surface area (Å²) < 4.78 is 77.4. The van der Waals surface area contributed by atoms with Crippen molar-refractivity contribution in [1.82, 2.24) is 14.8 Å². The molecule has 0 spiro atoms. The van der Waals surface area contributed by atoms with Crippen LogP contribution in [-0.2, 0) is 31.5 Å². The van der Waals surface area contributed by atoms with Gasteiger partial charge in [-0.3, -0.25) is 14.5 Å². The maximum absolute atomic E-state index is 16.1. The summed E-state index contributed by atoms with van der Waals surface area (Å²) in [6.45, 7) is 4.76. The summed E-state index contributed by atoms with van der Waals surface area (Å²) in [6.07, 6.45) is 4.98. The number of carbonyl (C=O) groups is 1. The van der Waals surface area contributed by atoms with E-state index in [0.29, 0.717) is 48.9 Å². The molecule has 42 heavy (non-hydrogen) atoms. The molecule has 0 N–H and O–H groups in total. The van der Waals surface area contributed by atoms with Gasteiger partial charge in [0.1, 0.15) is 33.8 Å². The quantitative estimate of drug-likeness (QED) is 0.231. The van der Waals surface area contributed by atoms with Crippen molar-refractivity contribution in [2.24, 2.45) is 5.92 Å². The van der Waals surface area contributed by atoms with Gasteiger partial charge in [0.05, 0.1) is 11.8 Å². The maximum Gasteiger partial charge on any atom is 0.185 e. The minimum atomic E-state index is -4.42. The highest BCUT2D eigenvalue weighted by atomic mass is 32.2. The second-order valence-electron chi connectivity index (χ2n) is 10.7. The van der Waals surface area contributed by atoms with Gasteiger partial charge < -0.3 is 4.74 Å². The zero-order chi connectivity index (χ0) is 30.0. The third-order valence-electron chi connectivity index (χ3n) is 7.33. The summed E-state index contributed by atoms with van der Waals surface area (Å²) >= 11 is 0. The molecule has 11 heteroatoms. The normalized spacial score (nSPS) is 14.4. The Hall–Kier alpha value is -3.83. The number of rotatable bonds is 9. The summed E-state index contributed by atoms with van der Waals surface area (Å²) in [7, 11) is -4.42. The number of carbonyl (C=O) groups excluding carboxylic acids is 1. The SMILES string of the molecule is CC(C)C(=O)Cc1cc(-c2cn(C3CCOCC3)nc2-c2cccc(CS(=O)(=O)c3cc(F)ccc3F)c2F)ccn1. The monoisotopic (exact) mass is 597 g/mol. The lowest BCUT2D eigenvalue weighted by molar-refractivity contribution is -0.121. The van der Waals surface area contributed by atoms with Crippen LogP contribution >= 0.6 is 0 Å². The topological polar surface area (TPSA) is 91.2 Å². The number of benzene rings is 2. The van der Waals surface area contributed by atoms with E-state index in [1.165, 1.54) is 18.2 Å². The molecular weight excluding hydrogens is 567 g/mol. The van der Waals surface area contributed by atoms with E-state index in [1.54, 1.807) is 23.0 Å². The van der Waals surface area contributed by atoms with Crippen LogP contribution in [0.3, 0.4) is 0 Å². The fourth-order valence-corrected chi connectivity index (χ4v) is 6.38. The van der Waals surface area contributed by atoms with Gasteiger partial charge >= 0.3 is 0 Å². The van der Waals surface area contributed by atoms with E-state index in [9.17, 15) is 22.0 Å². The van der Waals surface area contributed by atoms with Crippen molar-refractivity contribution in [3.05, 3.63) is 89.6 Å². The molecule has 0 unspecified atom stereocenters. The van der Waals surface area contributed by atoms with Crippen LogP contribution in [0.1, 0.15) is 44.0 Å². The zero-order valence-electron chi connectivity index (χ0n) is 23.2. The number of aromatic nitrogens is 3. The Morgan fingerprint density at radius 2 is 1.81 bits per heavy atom. The van der Waals surface area contributed by atoms with Gasteiger partial charge in [0.2, 0.25) is 0 Å². The Bertz CT molecular complexity index is 1730. The lowest BCUT2D eigenvalue weighted by Crippen LogP contribution is -2.19. The minimum absolute atomic E-state index is 0.0117. The van der Waals surface area contributed by atoms with Crippen LogP contribution in [0.25, 0.3) is 22.4 Å². The van der Waals surface area contributed by atoms with Gasteiger partial charge in [-0.1, -0.05) is 26.0 Å². The molecule has 2 aromatic heterocycles. The minimum Gasteiger partial charge on any atom is -0.381 e. The molecule has 220 valence electrons. The highest BCUT2D eigenvalue weighted by molar-refractivity contribution is 7.90. The van der Waals surface area contributed by atoms with Crippen LogP contribution in [0, 0.1) is 23.4 Å². The van der Waals surface area contributed by atoms with E-state index in [4.69, 9.17) is 9.84 Å². The molecule has 1 aliphatic heterocycles. The van der Waals surface area contributed by atoms with Crippen molar-refractivity contribution < 1.29 is 31.1 Å². The van der Waals surface area contributed by atoms with Gasteiger partial charge in [0.15, 0.2) is 9.84 Å². The largest absolute Gasteiger partial charge is 0.381 e. The van der Waals surface area contributed by atoms with Crippen LogP contribution < -0.4 is 0 Å². The molecule has 0 radical (unpaired) electrons.